The van der Waals surface area contributed by atoms with Crippen LogP contribution >= 0.6 is 34.5 Å². The molecule has 0 unspecified atom stereocenters. The first-order valence-electron chi connectivity index (χ1n) is 7.08. The summed E-state index contributed by atoms with van der Waals surface area (Å²) in [6.07, 6.45) is 0. The Morgan fingerprint density at radius 3 is 1.61 bits per heavy atom. The largest absolute Gasteiger partial charge is 0.354 e. The van der Waals surface area contributed by atoms with Crippen LogP contribution in [0.4, 0.5) is 0 Å². The number of H-pyrrole nitrogens is 2. The van der Waals surface area contributed by atoms with Gasteiger partial charge in [0.1, 0.15) is 0 Å². The minimum Gasteiger partial charge on any atom is -0.354 e. The molecule has 4 bridgehead atoms. The zero-order valence-corrected chi connectivity index (χ0v) is 14.3. The van der Waals surface area contributed by atoms with Gasteiger partial charge in [0.05, 0.1) is 11.0 Å². The smallest absolute Gasteiger partial charge is 0.0623 e. The molecule has 2 nitrogen and oxygen atoms in total. The number of hydrogen-bond acceptors (Lipinski definition) is 1. The highest BCUT2D eigenvalue weighted by molar-refractivity contribution is 7.22. The van der Waals surface area contributed by atoms with E-state index in [4.69, 9.17) is 23.2 Å². The third-order valence-corrected chi connectivity index (χ3v) is 4.84. The van der Waals surface area contributed by atoms with E-state index in [1.165, 1.54) is 0 Å². The monoisotopic (exact) mass is 358 g/mol. The van der Waals surface area contributed by atoms with Crippen molar-refractivity contribution in [2.45, 2.75) is 0 Å². The Hall–Kier alpha value is -1.94. The van der Waals surface area contributed by atoms with Gasteiger partial charge in [0.2, 0.25) is 0 Å². The number of rotatable bonds is 0. The van der Waals surface area contributed by atoms with Crippen molar-refractivity contribution >= 4 is 66.0 Å². The molecule has 0 aliphatic rings. The van der Waals surface area contributed by atoms with E-state index in [0.29, 0.717) is 10.0 Å². The van der Waals surface area contributed by atoms with Crippen molar-refractivity contribution < 1.29 is 0 Å². The van der Waals surface area contributed by atoms with E-state index in [-0.39, 0.29) is 0 Å². The molecular weight excluding hydrogens is 347 g/mol. The van der Waals surface area contributed by atoms with Gasteiger partial charge in [-0.25, -0.2) is 0 Å². The Balaban J connectivity index is 2.30. The van der Waals surface area contributed by atoms with Gasteiger partial charge in [0.25, 0.3) is 0 Å². The van der Waals surface area contributed by atoms with Crippen LogP contribution in [0.2, 0.25) is 10.0 Å². The van der Waals surface area contributed by atoms with Crippen molar-refractivity contribution in [1.82, 2.24) is 9.97 Å². The van der Waals surface area contributed by atoms with Crippen LogP contribution in [0.15, 0.2) is 60.7 Å². The van der Waals surface area contributed by atoms with Crippen LogP contribution in [-0.4, -0.2) is 9.97 Å². The second kappa shape index (κ2) is 5.93. The van der Waals surface area contributed by atoms with Crippen molar-refractivity contribution in [2.75, 3.05) is 0 Å². The zero-order valence-electron chi connectivity index (χ0n) is 11.9. The van der Waals surface area contributed by atoms with Gasteiger partial charge in [-0.2, -0.15) is 0 Å². The number of aromatic amines is 2. The van der Waals surface area contributed by atoms with E-state index in [9.17, 15) is 0 Å². The van der Waals surface area contributed by atoms with Crippen LogP contribution < -0.4 is 0 Å². The predicted molar refractivity (Wildman–Crippen MR) is 102 cm³/mol. The third-order valence-electron chi connectivity index (χ3n) is 3.46. The Morgan fingerprint density at radius 2 is 1.13 bits per heavy atom. The number of nitrogens with one attached hydrogen (secondary N) is 2. The molecule has 4 aromatic rings. The van der Waals surface area contributed by atoms with Crippen molar-refractivity contribution in [3.8, 4) is 0 Å². The number of fused-ring (bicyclic) bond motifs is 5. The second-order valence-electron chi connectivity index (χ2n) is 5.25. The fourth-order valence-corrected chi connectivity index (χ4v) is 4.15. The zero-order chi connectivity index (χ0) is 15.8. The summed E-state index contributed by atoms with van der Waals surface area (Å²) in [6.45, 7) is 0. The van der Waals surface area contributed by atoms with E-state index in [1.54, 1.807) is 11.3 Å². The average Bonchev–Trinajstić information content (AvgIpc) is 2.48. The summed E-state index contributed by atoms with van der Waals surface area (Å²) in [5.74, 6) is 0. The summed E-state index contributed by atoms with van der Waals surface area (Å²) in [5.41, 5.74) is 3.87. The van der Waals surface area contributed by atoms with Crippen molar-refractivity contribution in [3.63, 3.8) is 0 Å². The Kier molecular flexibility index (Phi) is 3.77. The van der Waals surface area contributed by atoms with E-state index in [0.717, 1.165) is 31.5 Å². The van der Waals surface area contributed by atoms with Crippen LogP contribution in [0.3, 0.4) is 0 Å². The fourth-order valence-electron chi connectivity index (χ4n) is 2.54. The molecule has 0 aliphatic heterocycles. The van der Waals surface area contributed by atoms with Gasteiger partial charge in [0, 0.05) is 30.5 Å². The summed E-state index contributed by atoms with van der Waals surface area (Å²) in [4.78, 5) is 6.86. The molecule has 0 aliphatic carbocycles. The molecule has 0 radical (unpaired) electrons. The maximum Gasteiger partial charge on any atom is 0.0623 e. The Bertz CT molecular complexity index is 1020. The molecule has 114 valence electrons. The van der Waals surface area contributed by atoms with Crippen LogP contribution in [0.1, 0.15) is 0 Å². The minimum atomic E-state index is 0.699. The number of halogens is 2. The first-order chi connectivity index (χ1) is 11.2. The molecule has 0 spiro atoms. The quantitative estimate of drug-likeness (QED) is 0.344. The lowest BCUT2D eigenvalue weighted by atomic mass is 10.3. The number of aromatic nitrogens is 2. The van der Waals surface area contributed by atoms with Gasteiger partial charge in [-0.3, -0.25) is 0 Å². The lowest BCUT2D eigenvalue weighted by Gasteiger charge is -1.97. The summed E-state index contributed by atoms with van der Waals surface area (Å²) >= 11 is 14.2. The van der Waals surface area contributed by atoms with Crippen molar-refractivity contribution in [1.29, 1.82) is 0 Å². The van der Waals surface area contributed by atoms with Gasteiger partial charge >= 0.3 is 0 Å². The van der Waals surface area contributed by atoms with Gasteiger partial charge in [-0.15, -0.1) is 11.3 Å². The van der Waals surface area contributed by atoms with E-state index in [2.05, 4.69) is 22.1 Å². The molecule has 0 saturated heterocycles. The molecule has 0 fully saturated rings. The maximum atomic E-state index is 6.27. The first-order valence-corrected chi connectivity index (χ1v) is 8.65. The highest BCUT2D eigenvalue weighted by Crippen LogP contribution is 2.25. The van der Waals surface area contributed by atoms with Gasteiger partial charge in [-0.1, -0.05) is 35.3 Å². The van der Waals surface area contributed by atoms with Gasteiger partial charge in [-0.05, 0) is 48.5 Å². The van der Waals surface area contributed by atoms with Gasteiger partial charge < -0.3 is 9.97 Å². The molecule has 1 aromatic heterocycles. The topological polar surface area (TPSA) is 31.6 Å². The highest BCUT2D eigenvalue weighted by atomic mass is 35.5. The lowest BCUT2D eigenvalue weighted by Crippen LogP contribution is -1.79. The predicted octanol–water partition coefficient (Wildman–Crippen LogP) is 6.86. The summed E-state index contributed by atoms with van der Waals surface area (Å²) in [6, 6.07) is 20.0. The molecule has 0 amide bonds. The lowest BCUT2D eigenvalue weighted by molar-refractivity contribution is 1.45. The Morgan fingerprint density at radius 1 is 0.652 bits per heavy atom. The molecule has 0 saturated carbocycles. The molecular formula is C18H12Cl2N2S. The van der Waals surface area contributed by atoms with E-state index < -0.39 is 0 Å². The summed E-state index contributed by atoms with van der Waals surface area (Å²) in [5, 5.41) is 1.40. The van der Waals surface area contributed by atoms with Crippen LogP contribution in [0, 0.1) is 0 Å². The molecule has 3 aromatic carbocycles. The average molecular weight is 359 g/mol. The van der Waals surface area contributed by atoms with E-state index in [1.807, 2.05) is 48.5 Å². The van der Waals surface area contributed by atoms with Crippen LogP contribution in [0.5, 0.6) is 0 Å². The standard InChI is InChI=1S/C18H12Cl2N2S/c19-11-5-13-9-15(7-11)23-16-8-12(20)6-14(10-16)22-18-4-2-1-3-17(18)21-13/h1-10,21-22H. The highest BCUT2D eigenvalue weighted by Gasteiger charge is 1.97. The van der Waals surface area contributed by atoms with Crippen LogP contribution in [0.25, 0.3) is 31.5 Å². The van der Waals surface area contributed by atoms with Crippen molar-refractivity contribution in [3.05, 3.63) is 70.7 Å². The summed E-state index contributed by atoms with van der Waals surface area (Å²) < 4.78 is 2.13. The van der Waals surface area contributed by atoms with Crippen LogP contribution in [-0.2, 0) is 0 Å². The maximum absolute atomic E-state index is 6.27. The molecule has 4 rings (SSSR count). The molecule has 23 heavy (non-hydrogen) atoms. The normalized spacial score (nSPS) is 11.0. The van der Waals surface area contributed by atoms with Gasteiger partial charge in [0.15, 0.2) is 0 Å². The fraction of sp³-hybridized carbons (Fsp3) is 0. The molecule has 5 heteroatoms. The van der Waals surface area contributed by atoms with Crippen molar-refractivity contribution in [2.24, 2.45) is 0 Å². The molecule has 1 heterocycles. The SMILES string of the molecule is Clc1cc2cc(c1)sc1cc(Cl)cc(c1)[nH]c1ccccc1[nH]2. The molecule has 2 N–H and O–H groups in total. The number of hydrogen-bond donors (Lipinski definition) is 2. The minimum absolute atomic E-state index is 0.699. The summed E-state index contributed by atoms with van der Waals surface area (Å²) in [7, 11) is 0. The third kappa shape index (κ3) is 3.22. The second-order valence-corrected chi connectivity index (χ2v) is 7.27. The van der Waals surface area contributed by atoms with E-state index >= 15 is 0 Å². The first kappa shape index (κ1) is 14.6. The molecule has 0 atom stereocenters. The number of para-hydroxylation sites is 2. The number of benzene rings is 3. The Labute approximate surface area is 146 Å².